The zero-order valence-corrected chi connectivity index (χ0v) is 43.1. The molecule has 0 radical (unpaired) electrons. The van der Waals surface area contributed by atoms with Crippen molar-refractivity contribution in [3.8, 4) is 0 Å². The van der Waals surface area contributed by atoms with Gasteiger partial charge in [-0.3, -0.25) is 0 Å². The quantitative estimate of drug-likeness (QED) is 0.0224. The van der Waals surface area contributed by atoms with E-state index in [2.05, 4.69) is 272 Å². The van der Waals surface area contributed by atoms with Crippen LogP contribution in [-0.2, 0) is 32.1 Å². The number of nitrogens with two attached hydrogens (primary N) is 1. The van der Waals surface area contributed by atoms with Gasteiger partial charge in [0.2, 0.25) is 0 Å². The summed E-state index contributed by atoms with van der Waals surface area (Å²) in [6, 6.07) is 93.0. The summed E-state index contributed by atoms with van der Waals surface area (Å²) in [7, 11) is -1.63. The van der Waals surface area contributed by atoms with Crippen LogP contribution in [0.15, 0.2) is 264 Å². The minimum Gasteiger partial charge on any atom is -0.741 e. The molecule has 0 amide bonds. The summed E-state index contributed by atoms with van der Waals surface area (Å²) >= 11 is 6.01. The van der Waals surface area contributed by atoms with Gasteiger partial charge in [0.05, 0.1) is 0 Å². The molecular weight excluding hydrogens is 1000 g/mol. The van der Waals surface area contributed by atoms with Crippen molar-refractivity contribution in [3.05, 3.63) is 265 Å². The summed E-state index contributed by atoms with van der Waals surface area (Å²) in [5.41, 5.74) is 5.08. The van der Waals surface area contributed by atoms with Crippen LogP contribution in [0, 0.1) is 6.07 Å². The number of amidine groups is 1. The van der Waals surface area contributed by atoms with Crippen LogP contribution in [0.1, 0.15) is 4.88 Å². The van der Waals surface area contributed by atoms with Gasteiger partial charge in [-0.1, -0.05) is 248 Å². The molecule has 9 aromatic rings. The second-order valence-corrected chi connectivity index (χ2v) is 25.5. The number of nitrogens with zero attached hydrogens (tertiary/aromatic N) is 2. The first-order valence-electron chi connectivity index (χ1n) is 21.1. The van der Waals surface area contributed by atoms with Crippen molar-refractivity contribution >= 4 is 109 Å². The molecular formula is C56H49N3P4RuS2. The average Bonchev–Trinajstić information content (AvgIpc) is 3.91. The summed E-state index contributed by atoms with van der Waals surface area (Å²) in [5, 5.41) is 20.7. The molecule has 0 aliphatic heterocycles. The van der Waals surface area contributed by atoms with E-state index in [1.54, 1.807) is 6.21 Å². The maximum absolute atomic E-state index is 5.08. The second-order valence-electron chi connectivity index (χ2n) is 14.3. The Balaban J connectivity index is 0.000000176. The first-order valence-corrected chi connectivity index (χ1v) is 28.5. The maximum atomic E-state index is 5.08. The molecule has 0 saturated carbocycles. The van der Waals surface area contributed by atoms with Gasteiger partial charge in [-0.05, 0) is 85.5 Å². The monoisotopic (exact) mass is 1050 g/mol. The zero-order chi connectivity index (χ0) is 44.7. The van der Waals surface area contributed by atoms with Crippen LogP contribution in [0.3, 0.4) is 0 Å². The van der Waals surface area contributed by atoms with Gasteiger partial charge >= 0.3 is 19.5 Å². The van der Waals surface area contributed by atoms with Gasteiger partial charge in [0.1, 0.15) is 0 Å². The Kier molecular flexibility index (Phi) is 21.7. The largest absolute Gasteiger partial charge is 2.00 e. The smallest absolute Gasteiger partial charge is 0.741 e. The van der Waals surface area contributed by atoms with Crippen LogP contribution in [0.4, 0.5) is 0 Å². The van der Waals surface area contributed by atoms with Crippen molar-refractivity contribution in [2.24, 2.45) is 15.9 Å². The molecule has 1 heterocycles. The van der Waals surface area contributed by atoms with Crippen molar-refractivity contribution < 1.29 is 19.5 Å². The van der Waals surface area contributed by atoms with Gasteiger partial charge in [-0.15, -0.1) is 5.38 Å². The zero-order valence-electron chi connectivity index (χ0n) is 36.2. The number of rotatable bonds is 14. The molecule has 66 heavy (non-hydrogen) atoms. The van der Waals surface area contributed by atoms with E-state index in [0.717, 1.165) is 4.88 Å². The Morgan fingerprint density at radius 1 is 0.424 bits per heavy atom. The van der Waals surface area contributed by atoms with E-state index in [1.165, 1.54) is 65.6 Å². The van der Waals surface area contributed by atoms with Crippen LogP contribution in [0.2, 0.25) is 0 Å². The fourth-order valence-corrected chi connectivity index (χ4v) is 20.4. The molecule has 3 nitrogen and oxygen atoms in total. The van der Waals surface area contributed by atoms with E-state index in [4.69, 9.17) is 5.73 Å². The van der Waals surface area contributed by atoms with Crippen LogP contribution in [0.25, 0.3) is 0 Å². The third-order valence-electron chi connectivity index (χ3n) is 9.93. The summed E-state index contributed by atoms with van der Waals surface area (Å²) in [6.45, 7) is 0. The Bertz CT molecular complexity index is 2240. The predicted octanol–water partition coefficient (Wildman–Crippen LogP) is 11.2. The van der Waals surface area contributed by atoms with E-state index < -0.39 is 31.7 Å². The first-order chi connectivity index (χ1) is 32.1. The van der Waals surface area contributed by atoms with Crippen LogP contribution in [0.5, 0.6) is 0 Å². The second kappa shape index (κ2) is 28.4. The van der Waals surface area contributed by atoms with E-state index in [-0.39, 0.29) is 24.6 Å². The topological polar surface area (TPSA) is 50.7 Å². The van der Waals surface area contributed by atoms with Gasteiger partial charge in [0, 0.05) is 11.8 Å². The predicted molar refractivity (Wildman–Crippen MR) is 296 cm³/mol. The summed E-state index contributed by atoms with van der Waals surface area (Å²) < 4.78 is 0. The van der Waals surface area contributed by atoms with Crippen molar-refractivity contribution in [2.75, 3.05) is 11.8 Å². The van der Waals surface area contributed by atoms with Crippen LogP contribution in [-0.4, -0.2) is 23.2 Å². The summed E-state index contributed by atoms with van der Waals surface area (Å²) in [4.78, 5) is 0.907. The SMILES string of the molecule is N/C([S-])=N/N=C/c1[c-]ccs1.[Ru+2].c1ccc(P(CP(c2ccccc2)c2ccccc2)c2ccccc2)cc1.c1ccc(P(CP(c2ccccc2)c2ccccc2)c2ccccc2)cc1. The van der Waals surface area contributed by atoms with Gasteiger partial charge < -0.3 is 18.4 Å². The molecule has 9 rings (SSSR count). The van der Waals surface area contributed by atoms with Crippen LogP contribution >= 0.6 is 43.0 Å². The van der Waals surface area contributed by atoms with E-state index in [1.807, 2.05) is 11.4 Å². The Labute approximate surface area is 418 Å². The normalized spacial score (nSPS) is 11.1. The molecule has 0 fully saturated rings. The van der Waals surface area contributed by atoms with Gasteiger partial charge in [-0.2, -0.15) is 17.2 Å². The van der Waals surface area contributed by atoms with Crippen molar-refractivity contribution in [1.82, 2.24) is 0 Å². The molecule has 0 unspecified atom stereocenters. The van der Waals surface area contributed by atoms with Gasteiger partial charge in [0.15, 0.2) is 0 Å². The molecule has 8 aromatic carbocycles. The molecule has 0 saturated heterocycles. The minimum atomic E-state index is -0.409. The Morgan fingerprint density at radius 2 is 0.652 bits per heavy atom. The van der Waals surface area contributed by atoms with Gasteiger partial charge in [0.25, 0.3) is 0 Å². The van der Waals surface area contributed by atoms with Crippen molar-refractivity contribution in [3.63, 3.8) is 0 Å². The number of hydrogen-bond donors (Lipinski definition) is 1. The number of benzene rings is 8. The fraction of sp³-hybridized carbons (Fsp3) is 0.0357. The summed E-state index contributed by atoms with van der Waals surface area (Å²) in [5.74, 6) is 2.35. The fourth-order valence-electron chi connectivity index (χ4n) is 6.86. The van der Waals surface area contributed by atoms with Crippen LogP contribution < -0.4 is 48.2 Å². The molecule has 0 aliphatic rings. The Hall–Kier alpha value is -4.84. The molecule has 2 N–H and O–H groups in total. The standard InChI is InChI=1S/2C25H22P2.C6H6N3S2.Ru/c2*1-5-13-22(14-6-1)26(23-15-7-2-8-16-23)21-27(24-17-9-3-10-18-24)25-19-11-4-12-20-25;7-6(10)9-8-4-5-2-1-3-11-5;/h2*1-20H,21H2;1,3-4H,(H3,7,9,10);/q;;-1;+2/p-1/b;;8-4+;. The molecule has 0 aliphatic carbocycles. The third-order valence-corrected chi connectivity index (χ3v) is 22.7. The molecule has 0 bridgehead atoms. The van der Waals surface area contributed by atoms with Gasteiger partial charge in [-0.25, -0.2) is 16.4 Å². The van der Waals surface area contributed by atoms with Crippen molar-refractivity contribution in [2.45, 2.75) is 0 Å². The van der Waals surface area contributed by atoms with Crippen molar-refractivity contribution in [1.29, 1.82) is 0 Å². The Morgan fingerprint density at radius 3 is 0.833 bits per heavy atom. The molecule has 0 atom stereocenters. The summed E-state index contributed by atoms with van der Waals surface area (Å²) in [6.07, 6.45) is 1.56. The molecule has 10 heteroatoms. The van der Waals surface area contributed by atoms with E-state index >= 15 is 0 Å². The molecule has 328 valence electrons. The van der Waals surface area contributed by atoms with E-state index in [0.29, 0.717) is 0 Å². The minimum absolute atomic E-state index is 0. The number of thiophene rings is 1. The maximum Gasteiger partial charge on any atom is 2.00 e. The number of hydrogen-bond acceptors (Lipinski definition) is 4. The average molecular weight is 1050 g/mol. The first kappa shape index (κ1) is 50.6. The van der Waals surface area contributed by atoms with E-state index in [9.17, 15) is 0 Å². The molecule has 1 aromatic heterocycles. The third kappa shape index (κ3) is 15.9. The molecule has 0 spiro atoms.